The van der Waals surface area contributed by atoms with Crippen LogP contribution in [0.1, 0.15) is 25.0 Å². The van der Waals surface area contributed by atoms with Crippen LogP contribution in [0.15, 0.2) is 41.4 Å². The fraction of sp³-hybridized carbons (Fsp3) is 0.435. The minimum absolute atomic E-state index is 0.567. The monoisotopic (exact) mass is 415 g/mol. The molecule has 0 saturated carbocycles. The number of hydrogen-bond donors (Lipinski definition) is 2. The van der Waals surface area contributed by atoms with Crippen molar-refractivity contribution < 1.29 is 18.9 Å². The maximum absolute atomic E-state index is 5.70. The van der Waals surface area contributed by atoms with Crippen molar-refractivity contribution in [3.05, 3.63) is 47.5 Å². The first-order chi connectivity index (χ1) is 14.7. The number of benzene rings is 2. The van der Waals surface area contributed by atoms with Crippen molar-refractivity contribution in [2.45, 2.75) is 26.8 Å². The van der Waals surface area contributed by atoms with Crippen LogP contribution in [0.3, 0.4) is 0 Å². The number of guanidine groups is 1. The lowest BCUT2D eigenvalue weighted by atomic mass is 10.1. The molecule has 0 bridgehead atoms. The van der Waals surface area contributed by atoms with E-state index in [9.17, 15) is 0 Å². The SMILES string of the molecule is CCOc1ccc(CCNC(=NC)NCc2cccc(OC)c2OC)cc1OCC. The van der Waals surface area contributed by atoms with Gasteiger partial charge in [0.05, 0.1) is 27.4 Å². The van der Waals surface area contributed by atoms with E-state index in [1.807, 2.05) is 44.2 Å². The van der Waals surface area contributed by atoms with Crippen LogP contribution in [0.2, 0.25) is 0 Å². The third kappa shape index (κ3) is 6.47. The predicted molar refractivity (Wildman–Crippen MR) is 120 cm³/mol. The van der Waals surface area contributed by atoms with Gasteiger partial charge in [-0.25, -0.2) is 0 Å². The largest absolute Gasteiger partial charge is 0.493 e. The number of nitrogens with one attached hydrogen (secondary N) is 2. The molecule has 0 saturated heterocycles. The first-order valence-electron chi connectivity index (χ1n) is 10.2. The van der Waals surface area contributed by atoms with Gasteiger partial charge in [-0.3, -0.25) is 4.99 Å². The Morgan fingerprint density at radius 3 is 2.33 bits per heavy atom. The van der Waals surface area contributed by atoms with Gasteiger partial charge in [0, 0.05) is 25.7 Å². The Hall–Kier alpha value is -3.09. The van der Waals surface area contributed by atoms with Crippen molar-refractivity contribution >= 4 is 5.96 Å². The molecular weight excluding hydrogens is 382 g/mol. The molecule has 0 fully saturated rings. The van der Waals surface area contributed by atoms with E-state index in [-0.39, 0.29) is 0 Å². The Morgan fingerprint density at radius 1 is 0.900 bits per heavy atom. The van der Waals surface area contributed by atoms with Crippen LogP contribution in [0.5, 0.6) is 23.0 Å². The van der Waals surface area contributed by atoms with E-state index in [1.54, 1.807) is 21.3 Å². The lowest BCUT2D eigenvalue weighted by Crippen LogP contribution is -2.37. The molecule has 2 aromatic carbocycles. The zero-order chi connectivity index (χ0) is 21.8. The molecule has 2 rings (SSSR count). The van der Waals surface area contributed by atoms with Crippen LogP contribution < -0.4 is 29.6 Å². The minimum Gasteiger partial charge on any atom is -0.493 e. The molecular formula is C23H33N3O4. The number of hydrogen-bond acceptors (Lipinski definition) is 5. The molecule has 2 aromatic rings. The fourth-order valence-electron chi connectivity index (χ4n) is 3.07. The fourth-order valence-corrected chi connectivity index (χ4v) is 3.07. The van der Waals surface area contributed by atoms with Gasteiger partial charge in [-0.15, -0.1) is 0 Å². The average molecular weight is 416 g/mol. The van der Waals surface area contributed by atoms with E-state index < -0.39 is 0 Å². The molecule has 0 heterocycles. The topological polar surface area (TPSA) is 73.3 Å². The summed E-state index contributed by atoms with van der Waals surface area (Å²) in [4.78, 5) is 4.30. The molecule has 30 heavy (non-hydrogen) atoms. The Morgan fingerprint density at radius 2 is 1.67 bits per heavy atom. The first-order valence-corrected chi connectivity index (χ1v) is 10.2. The van der Waals surface area contributed by atoms with E-state index >= 15 is 0 Å². The highest BCUT2D eigenvalue weighted by Gasteiger charge is 2.10. The van der Waals surface area contributed by atoms with Crippen molar-refractivity contribution in [3.8, 4) is 23.0 Å². The molecule has 0 atom stereocenters. The van der Waals surface area contributed by atoms with E-state index in [2.05, 4.69) is 21.7 Å². The highest BCUT2D eigenvalue weighted by atomic mass is 16.5. The quantitative estimate of drug-likeness (QED) is 0.433. The summed E-state index contributed by atoms with van der Waals surface area (Å²) in [6.07, 6.45) is 0.829. The highest BCUT2D eigenvalue weighted by molar-refractivity contribution is 5.79. The molecule has 0 aromatic heterocycles. The highest BCUT2D eigenvalue weighted by Crippen LogP contribution is 2.30. The third-order valence-corrected chi connectivity index (χ3v) is 4.47. The Balaban J connectivity index is 1.92. The van der Waals surface area contributed by atoms with Gasteiger partial charge in [0.15, 0.2) is 29.0 Å². The van der Waals surface area contributed by atoms with Gasteiger partial charge >= 0.3 is 0 Å². The Bertz CT molecular complexity index is 824. The van der Waals surface area contributed by atoms with Crippen molar-refractivity contribution in [3.63, 3.8) is 0 Å². The van der Waals surface area contributed by atoms with Crippen LogP contribution >= 0.6 is 0 Å². The van der Waals surface area contributed by atoms with Gasteiger partial charge in [0.1, 0.15) is 0 Å². The van der Waals surface area contributed by atoms with Crippen molar-refractivity contribution in [2.75, 3.05) is 41.0 Å². The zero-order valence-corrected chi connectivity index (χ0v) is 18.6. The summed E-state index contributed by atoms with van der Waals surface area (Å²) in [7, 11) is 5.03. The number of rotatable bonds is 11. The molecule has 0 aliphatic heterocycles. The Kier molecular flexibility index (Phi) is 9.64. The van der Waals surface area contributed by atoms with E-state index in [1.165, 1.54) is 5.56 Å². The van der Waals surface area contributed by atoms with E-state index in [4.69, 9.17) is 18.9 Å². The van der Waals surface area contributed by atoms with Crippen LogP contribution in [-0.2, 0) is 13.0 Å². The van der Waals surface area contributed by atoms with Crippen molar-refractivity contribution in [1.29, 1.82) is 0 Å². The second-order valence-corrected chi connectivity index (χ2v) is 6.40. The van der Waals surface area contributed by atoms with Crippen LogP contribution in [0.25, 0.3) is 0 Å². The molecule has 7 heteroatoms. The summed E-state index contributed by atoms with van der Waals surface area (Å²) in [6.45, 7) is 6.45. The second kappa shape index (κ2) is 12.5. The summed E-state index contributed by atoms with van der Waals surface area (Å²) in [5.41, 5.74) is 2.16. The predicted octanol–water partition coefficient (Wildman–Crippen LogP) is 3.41. The molecule has 0 amide bonds. The van der Waals surface area contributed by atoms with Gasteiger partial charge in [0.2, 0.25) is 0 Å². The molecule has 0 aliphatic carbocycles. The summed E-state index contributed by atoms with van der Waals surface area (Å²) in [6, 6.07) is 11.9. The molecule has 0 unspecified atom stereocenters. The first kappa shape index (κ1) is 23.2. The smallest absolute Gasteiger partial charge is 0.191 e. The lowest BCUT2D eigenvalue weighted by Gasteiger charge is -2.16. The molecule has 164 valence electrons. The number of ether oxygens (including phenoxy) is 4. The normalized spacial score (nSPS) is 11.0. The van der Waals surface area contributed by atoms with Crippen LogP contribution in [-0.4, -0.2) is 47.0 Å². The number of para-hydroxylation sites is 1. The number of methoxy groups -OCH3 is 2. The van der Waals surface area contributed by atoms with Crippen LogP contribution in [0, 0.1) is 0 Å². The van der Waals surface area contributed by atoms with Gasteiger partial charge in [-0.1, -0.05) is 18.2 Å². The average Bonchev–Trinajstić information content (AvgIpc) is 2.77. The molecule has 2 N–H and O–H groups in total. The standard InChI is InChI=1S/C23H33N3O4/c1-6-29-19-12-11-17(15-21(19)30-7-2)13-14-25-23(24-3)26-16-18-9-8-10-20(27-4)22(18)28-5/h8-12,15H,6-7,13-14,16H2,1-5H3,(H2,24,25,26). The zero-order valence-electron chi connectivity index (χ0n) is 18.6. The van der Waals surface area contributed by atoms with Crippen LogP contribution in [0.4, 0.5) is 0 Å². The Labute approximate surface area is 179 Å². The third-order valence-electron chi connectivity index (χ3n) is 4.47. The number of aliphatic imine (C=N–C) groups is 1. The minimum atomic E-state index is 0.567. The van der Waals surface area contributed by atoms with Crippen molar-refractivity contribution in [1.82, 2.24) is 10.6 Å². The number of nitrogens with zero attached hydrogens (tertiary/aromatic N) is 1. The molecule has 0 spiro atoms. The van der Waals surface area contributed by atoms with Gasteiger partial charge in [0.25, 0.3) is 0 Å². The lowest BCUT2D eigenvalue weighted by molar-refractivity contribution is 0.287. The molecule has 7 nitrogen and oxygen atoms in total. The molecule has 0 aliphatic rings. The van der Waals surface area contributed by atoms with Gasteiger partial charge < -0.3 is 29.6 Å². The summed E-state index contributed by atoms with van der Waals surface area (Å²) in [5.74, 6) is 3.71. The summed E-state index contributed by atoms with van der Waals surface area (Å²) < 4.78 is 22.2. The van der Waals surface area contributed by atoms with E-state index in [0.29, 0.717) is 25.5 Å². The summed E-state index contributed by atoms with van der Waals surface area (Å²) in [5, 5.41) is 6.65. The van der Waals surface area contributed by atoms with Gasteiger partial charge in [-0.05, 0) is 44.0 Å². The second-order valence-electron chi connectivity index (χ2n) is 6.40. The molecule has 0 radical (unpaired) electrons. The van der Waals surface area contributed by atoms with Crippen molar-refractivity contribution in [2.24, 2.45) is 4.99 Å². The van der Waals surface area contributed by atoms with Gasteiger partial charge in [-0.2, -0.15) is 0 Å². The summed E-state index contributed by atoms with van der Waals surface area (Å²) >= 11 is 0. The van der Waals surface area contributed by atoms with E-state index in [0.717, 1.165) is 41.7 Å². The maximum Gasteiger partial charge on any atom is 0.191 e. The maximum atomic E-state index is 5.70.